The van der Waals surface area contributed by atoms with Crippen molar-refractivity contribution < 1.29 is 0 Å². The lowest BCUT2D eigenvalue weighted by Crippen LogP contribution is -2.25. The van der Waals surface area contributed by atoms with Gasteiger partial charge in [0.05, 0.1) is 16.8 Å². The molecule has 0 amide bonds. The van der Waals surface area contributed by atoms with E-state index in [2.05, 4.69) is 38.1 Å². The molecule has 0 aliphatic carbocycles. The summed E-state index contributed by atoms with van der Waals surface area (Å²) in [5.74, 6) is 0. The van der Waals surface area contributed by atoms with Gasteiger partial charge < -0.3 is 5.32 Å². The van der Waals surface area contributed by atoms with Crippen LogP contribution in [-0.4, -0.2) is 16.5 Å². The normalized spacial score (nSPS) is 12.3. The van der Waals surface area contributed by atoms with Gasteiger partial charge in [-0.2, -0.15) is 0 Å². The lowest BCUT2D eigenvalue weighted by atomic mass is 10.0. The van der Waals surface area contributed by atoms with Crippen LogP contribution in [0.25, 0.3) is 0 Å². The van der Waals surface area contributed by atoms with E-state index in [4.69, 9.17) is 11.6 Å². The molecule has 2 heterocycles. The minimum Gasteiger partial charge on any atom is -0.308 e. The van der Waals surface area contributed by atoms with Crippen molar-refractivity contribution >= 4 is 27.5 Å². The van der Waals surface area contributed by atoms with Gasteiger partial charge in [0.25, 0.3) is 0 Å². The van der Waals surface area contributed by atoms with Crippen molar-refractivity contribution in [1.29, 1.82) is 0 Å². The highest BCUT2D eigenvalue weighted by atomic mass is 79.9. The molecule has 1 atom stereocenters. The Hall–Kier alpha value is -0.970. The van der Waals surface area contributed by atoms with Crippen molar-refractivity contribution in [1.82, 2.24) is 15.3 Å². The van der Waals surface area contributed by atoms with E-state index in [0.717, 1.165) is 35.1 Å². The molecule has 106 valence electrons. The number of halogens is 2. The van der Waals surface area contributed by atoms with Crippen LogP contribution in [0, 0.1) is 0 Å². The van der Waals surface area contributed by atoms with Gasteiger partial charge in [0, 0.05) is 23.1 Å². The summed E-state index contributed by atoms with van der Waals surface area (Å²) in [5, 5.41) is 4.23. The summed E-state index contributed by atoms with van der Waals surface area (Å²) in [7, 11) is 0. The monoisotopic (exact) mass is 353 g/mol. The van der Waals surface area contributed by atoms with Crippen molar-refractivity contribution in [2.24, 2.45) is 0 Å². The van der Waals surface area contributed by atoms with Crippen LogP contribution in [-0.2, 0) is 6.42 Å². The molecule has 2 aromatic rings. The first-order chi connectivity index (χ1) is 9.72. The molecule has 0 aliphatic rings. The summed E-state index contributed by atoms with van der Waals surface area (Å²) < 4.78 is 1.01. The van der Waals surface area contributed by atoms with Gasteiger partial charge in [-0.15, -0.1) is 0 Å². The molecule has 0 saturated heterocycles. The first kappa shape index (κ1) is 15.4. The molecule has 1 unspecified atom stereocenters. The molecule has 1 N–H and O–H groups in total. The van der Waals surface area contributed by atoms with Gasteiger partial charge in [-0.05, 0) is 59.1 Å². The van der Waals surface area contributed by atoms with Crippen LogP contribution in [0.1, 0.15) is 30.6 Å². The largest absolute Gasteiger partial charge is 0.308 e. The molecule has 20 heavy (non-hydrogen) atoms. The Balaban J connectivity index is 2.24. The fourth-order valence-electron chi connectivity index (χ4n) is 2.03. The fourth-order valence-corrected chi connectivity index (χ4v) is 2.76. The Kier molecular flexibility index (Phi) is 5.95. The summed E-state index contributed by atoms with van der Waals surface area (Å²) in [6.07, 6.45) is 7.13. The summed E-state index contributed by atoms with van der Waals surface area (Å²) in [5.41, 5.74) is 2.08. The SMILES string of the molecule is CCCNC(Cc1ccncc1Cl)c1ncccc1Br. The predicted molar refractivity (Wildman–Crippen MR) is 85.9 cm³/mol. The Morgan fingerprint density at radius 2 is 2.20 bits per heavy atom. The molecular formula is C15H17BrClN3. The van der Waals surface area contributed by atoms with E-state index in [1.807, 2.05) is 24.4 Å². The van der Waals surface area contributed by atoms with Crippen LogP contribution in [0.15, 0.2) is 41.3 Å². The van der Waals surface area contributed by atoms with E-state index in [1.54, 1.807) is 12.4 Å². The van der Waals surface area contributed by atoms with Crippen molar-refractivity contribution in [2.45, 2.75) is 25.8 Å². The van der Waals surface area contributed by atoms with Crippen molar-refractivity contribution in [2.75, 3.05) is 6.54 Å². The maximum absolute atomic E-state index is 6.21. The van der Waals surface area contributed by atoms with Gasteiger partial charge in [0.15, 0.2) is 0 Å². The number of hydrogen-bond acceptors (Lipinski definition) is 3. The van der Waals surface area contributed by atoms with Crippen LogP contribution in [0.2, 0.25) is 5.02 Å². The maximum Gasteiger partial charge on any atom is 0.0718 e. The number of pyridine rings is 2. The van der Waals surface area contributed by atoms with E-state index in [1.165, 1.54) is 0 Å². The summed E-state index contributed by atoms with van der Waals surface area (Å²) in [4.78, 5) is 8.52. The smallest absolute Gasteiger partial charge is 0.0718 e. The minimum atomic E-state index is 0.130. The minimum absolute atomic E-state index is 0.130. The number of aromatic nitrogens is 2. The summed E-state index contributed by atoms with van der Waals surface area (Å²) in [6, 6.07) is 6.02. The first-order valence-corrected chi connectivity index (χ1v) is 7.81. The first-order valence-electron chi connectivity index (χ1n) is 6.64. The van der Waals surface area contributed by atoms with E-state index in [9.17, 15) is 0 Å². The zero-order valence-corrected chi connectivity index (χ0v) is 13.7. The zero-order valence-electron chi connectivity index (χ0n) is 11.3. The quantitative estimate of drug-likeness (QED) is 0.846. The molecule has 0 aromatic carbocycles. The summed E-state index contributed by atoms with van der Waals surface area (Å²) in [6.45, 7) is 3.09. The molecule has 0 bridgehead atoms. The zero-order chi connectivity index (χ0) is 14.4. The average molecular weight is 355 g/mol. The Labute approximate surface area is 132 Å². The van der Waals surface area contributed by atoms with E-state index in [0.29, 0.717) is 5.02 Å². The third kappa shape index (κ3) is 4.01. The average Bonchev–Trinajstić information content (AvgIpc) is 2.46. The van der Waals surface area contributed by atoms with Crippen LogP contribution in [0.4, 0.5) is 0 Å². The molecule has 0 spiro atoms. The van der Waals surface area contributed by atoms with Gasteiger partial charge in [-0.1, -0.05) is 18.5 Å². The van der Waals surface area contributed by atoms with E-state index >= 15 is 0 Å². The fraction of sp³-hybridized carbons (Fsp3) is 0.333. The third-order valence-electron chi connectivity index (χ3n) is 3.04. The lowest BCUT2D eigenvalue weighted by Gasteiger charge is -2.19. The van der Waals surface area contributed by atoms with Crippen molar-refractivity contribution in [3.63, 3.8) is 0 Å². The van der Waals surface area contributed by atoms with Gasteiger partial charge in [0.2, 0.25) is 0 Å². The van der Waals surface area contributed by atoms with Crippen LogP contribution >= 0.6 is 27.5 Å². The topological polar surface area (TPSA) is 37.8 Å². The van der Waals surface area contributed by atoms with Crippen LogP contribution in [0.5, 0.6) is 0 Å². The van der Waals surface area contributed by atoms with Gasteiger partial charge in [0.1, 0.15) is 0 Å². The number of nitrogens with zero attached hydrogens (tertiary/aromatic N) is 2. The van der Waals surface area contributed by atoms with E-state index < -0.39 is 0 Å². The van der Waals surface area contributed by atoms with Crippen LogP contribution < -0.4 is 5.32 Å². The van der Waals surface area contributed by atoms with E-state index in [-0.39, 0.29) is 6.04 Å². The molecule has 2 rings (SSSR count). The molecule has 0 fully saturated rings. The Bertz CT molecular complexity index is 562. The molecule has 0 saturated carbocycles. The molecular weight excluding hydrogens is 338 g/mol. The highest BCUT2D eigenvalue weighted by Gasteiger charge is 2.17. The predicted octanol–water partition coefficient (Wildman–Crippen LogP) is 4.18. The third-order valence-corrected chi connectivity index (χ3v) is 4.05. The second-order valence-electron chi connectivity index (χ2n) is 4.55. The van der Waals surface area contributed by atoms with Gasteiger partial charge >= 0.3 is 0 Å². The molecule has 0 radical (unpaired) electrons. The number of nitrogens with one attached hydrogen (secondary N) is 1. The molecule has 3 nitrogen and oxygen atoms in total. The number of rotatable bonds is 6. The second-order valence-corrected chi connectivity index (χ2v) is 5.81. The Morgan fingerprint density at radius 1 is 1.35 bits per heavy atom. The molecule has 5 heteroatoms. The van der Waals surface area contributed by atoms with Crippen molar-refractivity contribution in [3.8, 4) is 0 Å². The highest BCUT2D eigenvalue weighted by molar-refractivity contribution is 9.10. The maximum atomic E-state index is 6.21. The Morgan fingerprint density at radius 3 is 2.90 bits per heavy atom. The molecule has 0 aliphatic heterocycles. The highest BCUT2D eigenvalue weighted by Crippen LogP contribution is 2.26. The van der Waals surface area contributed by atoms with Gasteiger partial charge in [-0.3, -0.25) is 9.97 Å². The second kappa shape index (κ2) is 7.72. The standard InChI is InChI=1S/C15H17BrClN3/c1-2-6-19-14(15-12(16)4-3-7-20-15)9-11-5-8-18-10-13(11)17/h3-5,7-8,10,14,19H,2,6,9H2,1H3. The van der Waals surface area contributed by atoms with Crippen molar-refractivity contribution in [3.05, 3.63) is 57.5 Å². The van der Waals surface area contributed by atoms with Gasteiger partial charge in [-0.25, -0.2) is 0 Å². The molecule has 2 aromatic heterocycles. The van der Waals surface area contributed by atoms with Crippen LogP contribution in [0.3, 0.4) is 0 Å². The lowest BCUT2D eigenvalue weighted by molar-refractivity contribution is 0.516. The number of hydrogen-bond donors (Lipinski definition) is 1. The summed E-state index contributed by atoms with van der Waals surface area (Å²) >= 11 is 9.78.